The van der Waals surface area contributed by atoms with Crippen molar-refractivity contribution in [2.45, 2.75) is 75.3 Å². The maximum absolute atomic E-state index is 11.3. The second kappa shape index (κ2) is 5.26. The van der Waals surface area contributed by atoms with E-state index in [1.165, 1.54) is 13.3 Å². The van der Waals surface area contributed by atoms with E-state index >= 15 is 0 Å². The summed E-state index contributed by atoms with van der Waals surface area (Å²) in [7, 11) is 1.57. The monoisotopic (exact) mass is 285 g/mol. The number of methoxy groups -OCH3 is 1. The maximum Gasteiger partial charge on any atom is 0.217 e. The Balaban J connectivity index is 1.76. The molecule has 2 aliphatic carbocycles. The minimum Gasteiger partial charge on any atom is -0.388 e. The number of nitrogens with one attached hydrogen (secondary N) is 1. The zero-order chi connectivity index (χ0) is 14.3. The highest BCUT2D eigenvalue weighted by Crippen LogP contribution is 2.46. The van der Waals surface area contributed by atoms with Crippen molar-refractivity contribution in [1.82, 2.24) is 5.32 Å². The van der Waals surface area contributed by atoms with Crippen molar-refractivity contribution in [3.05, 3.63) is 0 Å². The molecule has 3 aliphatic rings. The molecule has 3 fully saturated rings. The maximum atomic E-state index is 11.3. The van der Waals surface area contributed by atoms with Crippen molar-refractivity contribution in [3.8, 4) is 0 Å². The lowest BCUT2D eigenvalue weighted by atomic mass is 9.94. The van der Waals surface area contributed by atoms with Crippen molar-refractivity contribution < 1.29 is 24.1 Å². The minimum atomic E-state index is -0.796. The molecule has 1 saturated heterocycles. The molecule has 0 radical (unpaired) electrons. The second-order valence-electron chi connectivity index (χ2n) is 6.05. The largest absolute Gasteiger partial charge is 0.388 e. The van der Waals surface area contributed by atoms with Crippen LogP contribution in [0.5, 0.6) is 0 Å². The first-order valence-electron chi connectivity index (χ1n) is 7.40. The fourth-order valence-electron chi connectivity index (χ4n) is 3.79. The Labute approximate surface area is 118 Å². The summed E-state index contributed by atoms with van der Waals surface area (Å²) in [6, 6.07) is -0.478. The van der Waals surface area contributed by atoms with Gasteiger partial charge in [-0.25, -0.2) is 0 Å². The van der Waals surface area contributed by atoms with Crippen molar-refractivity contribution in [3.63, 3.8) is 0 Å². The standard InChI is InChI=1S/C14H23NO5/c1-8(16)15-9-10(17)12-13(11(9)18-2)20-14(19-12)6-4-3-5-7-14/h9-13,17H,3-7H2,1-2H3,(H,15,16)/t9-,10+,11+,12+,13-/m0/s1. The normalized spacial score (nSPS) is 42.6. The van der Waals surface area contributed by atoms with E-state index < -0.39 is 24.0 Å². The number of ether oxygens (including phenoxy) is 3. The molecule has 0 aromatic rings. The van der Waals surface area contributed by atoms with Gasteiger partial charge in [-0.2, -0.15) is 0 Å². The van der Waals surface area contributed by atoms with Gasteiger partial charge in [0.15, 0.2) is 5.79 Å². The summed E-state index contributed by atoms with van der Waals surface area (Å²) in [6.45, 7) is 1.43. The molecule has 0 bridgehead atoms. The molecule has 6 heteroatoms. The number of hydrogen-bond donors (Lipinski definition) is 2. The Morgan fingerprint density at radius 1 is 1.25 bits per heavy atom. The first-order chi connectivity index (χ1) is 9.56. The predicted molar refractivity (Wildman–Crippen MR) is 70.0 cm³/mol. The molecule has 3 rings (SSSR count). The van der Waals surface area contributed by atoms with E-state index in [0.29, 0.717) is 0 Å². The van der Waals surface area contributed by atoms with Crippen molar-refractivity contribution in [2.75, 3.05) is 7.11 Å². The van der Waals surface area contributed by atoms with Crippen LogP contribution >= 0.6 is 0 Å². The molecular formula is C14H23NO5. The van der Waals surface area contributed by atoms with Gasteiger partial charge in [-0.05, 0) is 12.8 Å². The van der Waals surface area contributed by atoms with Gasteiger partial charge in [0.1, 0.15) is 24.4 Å². The SMILES string of the molecule is CO[C@@H]1[C@@H](NC(C)=O)[C@@H](O)[C@H]2OC3(CCCCC3)O[C@H]21. The van der Waals surface area contributed by atoms with Crippen LogP contribution in [0.3, 0.4) is 0 Å². The van der Waals surface area contributed by atoms with Crippen LogP contribution in [0.1, 0.15) is 39.0 Å². The summed E-state index contributed by atoms with van der Waals surface area (Å²) in [5, 5.41) is 13.2. The molecule has 6 nitrogen and oxygen atoms in total. The van der Waals surface area contributed by atoms with Crippen molar-refractivity contribution >= 4 is 5.91 Å². The van der Waals surface area contributed by atoms with Crippen LogP contribution in [0.2, 0.25) is 0 Å². The van der Waals surface area contributed by atoms with Gasteiger partial charge in [0, 0.05) is 26.9 Å². The number of rotatable bonds is 2. The molecule has 0 unspecified atom stereocenters. The molecule has 0 aromatic carbocycles. The van der Waals surface area contributed by atoms with Gasteiger partial charge in [0.2, 0.25) is 5.91 Å². The number of aliphatic hydroxyl groups is 1. The van der Waals surface area contributed by atoms with Gasteiger partial charge in [-0.1, -0.05) is 6.42 Å². The Morgan fingerprint density at radius 3 is 2.50 bits per heavy atom. The highest BCUT2D eigenvalue weighted by molar-refractivity contribution is 5.73. The number of fused-ring (bicyclic) bond motifs is 1. The molecule has 0 aromatic heterocycles. The summed E-state index contributed by atoms with van der Waals surface area (Å²) < 4.78 is 17.7. The third-order valence-corrected chi connectivity index (χ3v) is 4.67. The van der Waals surface area contributed by atoms with Crippen LogP contribution in [0, 0.1) is 0 Å². The molecule has 1 aliphatic heterocycles. The molecule has 20 heavy (non-hydrogen) atoms. The van der Waals surface area contributed by atoms with E-state index in [0.717, 1.165) is 25.7 Å². The Hall–Kier alpha value is -0.690. The molecule has 2 N–H and O–H groups in total. The summed E-state index contributed by atoms with van der Waals surface area (Å²) in [5.74, 6) is -0.740. The lowest BCUT2D eigenvalue weighted by Gasteiger charge is -2.35. The molecule has 5 atom stereocenters. The van der Waals surface area contributed by atoms with Gasteiger partial charge < -0.3 is 24.6 Å². The molecule has 1 amide bonds. The summed E-state index contributed by atoms with van der Waals surface area (Å²) in [5.41, 5.74) is 0. The topological polar surface area (TPSA) is 77.0 Å². The van der Waals surface area contributed by atoms with E-state index in [-0.39, 0.29) is 18.1 Å². The third-order valence-electron chi connectivity index (χ3n) is 4.67. The fraction of sp³-hybridized carbons (Fsp3) is 0.929. The van der Waals surface area contributed by atoms with Crippen LogP contribution in [-0.4, -0.2) is 54.4 Å². The Kier molecular flexibility index (Phi) is 3.75. The zero-order valence-electron chi connectivity index (χ0n) is 12.0. The molecule has 1 spiro atoms. The summed E-state index contributed by atoms with van der Waals surface area (Å²) >= 11 is 0. The van der Waals surface area contributed by atoms with Crippen molar-refractivity contribution in [1.29, 1.82) is 0 Å². The van der Waals surface area contributed by atoms with Crippen LogP contribution in [0.25, 0.3) is 0 Å². The molecular weight excluding hydrogens is 262 g/mol. The van der Waals surface area contributed by atoms with E-state index in [4.69, 9.17) is 14.2 Å². The number of carbonyl (C=O) groups is 1. The lowest BCUT2D eigenvalue weighted by molar-refractivity contribution is -0.217. The van der Waals surface area contributed by atoms with E-state index in [9.17, 15) is 9.90 Å². The average Bonchev–Trinajstić information content (AvgIpc) is 2.87. The first-order valence-corrected chi connectivity index (χ1v) is 7.40. The van der Waals surface area contributed by atoms with Gasteiger partial charge in [-0.3, -0.25) is 4.79 Å². The molecule has 1 heterocycles. The quantitative estimate of drug-likeness (QED) is 0.764. The Morgan fingerprint density at radius 2 is 1.90 bits per heavy atom. The van der Waals surface area contributed by atoms with Crippen LogP contribution in [-0.2, 0) is 19.0 Å². The first kappa shape index (κ1) is 14.3. The van der Waals surface area contributed by atoms with Crippen LogP contribution in [0.15, 0.2) is 0 Å². The molecule has 114 valence electrons. The smallest absolute Gasteiger partial charge is 0.217 e. The third kappa shape index (κ3) is 2.24. The zero-order valence-corrected chi connectivity index (χ0v) is 12.0. The minimum absolute atomic E-state index is 0.191. The highest BCUT2D eigenvalue weighted by Gasteiger charge is 2.61. The number of hydrogen-bond acceptors (Lipinski definition) is 5. The second-order valence-corrected chi connectivity index (χ2v) is 6.05. The summed E-state index contributed by atoms with van der Waals surface area (Å²) in [6.07, 6.45) is 3.20. The summed E-state index contributed by atoms with van der Waals surface area (Å²) in [4.78, 5) is 11.3. The predicted octanol–water partition coefficient (Wildman–Crippen LogP) is 0.325. The van der Waals surface area contributed by atoms with Gasteiger partial charge in [-0.15, -0.1) is 0 Å². The van der Waals surface area contributed by atoms with Crippen LogP contribution < -0.4 is 5.32 Å². The Bertz CT molecular complexity index is 382. The number of aliphatic hydroxyl groups excluding tert-OH is 1. The van der Waals surface area contributed by atoms with E-state index in [2.05, 4.69) is 5.32 Å². The van der Waals surface area contributed by atoms with E-state index in [1.807, 2.05) is 0 Å². The lowest BCUT2D eigenvalue weighted by Crippen LogP contribution is -2.50. The van der Waals surface area contributed by atoms with E-state index in [1.54, 1.807) is 7.11 Å². The number of amides is 1. The fourth-order valence-corrected chi connectivity index (χ4v) is 3.79. The van der Waals surface area contributed by atoms with Gasteiger partial charge in [0.25, 0.3) is 0 Å². The average molecular weight is 285 g/mol. The van der Waals surface area contributed by atoms with Gasteiger partial charge in [0.05, 0.1) is 6.04 Å². The number of carbonyl (C=O) groups excluding carboxylic acids is 1. The van der Waals surface area contributed by atoms with Crippen LogP contribution in [0.4, 0.5) is 0 Å². The molecule has 2 saturated carbocycles. The highest BCUT2D eigenvalue weighted by atomic mass is 16.8. The van der Waals surface area contributed by atoms with Crippen molar-refractivity contribution in [2.24, 2.45) is 0 Å². The van der Waals surface area contributed by atoms with Gasteiger partial charge >= 0.3 is 0 Å².